The molecule has 3 heterocycles. The Hall–Kier alpha value is -3.93. The molecule has 2 N–H and O–H groups in total. The second kappa shape index (κ2) is 8.67. The fourth-order valence-electron chi connectivity index (χ4n) is 4.02. The van der Waals surface area contributed by atoms with Gasteiger partial charge in [-0.1, -0.05) is 24.3 Å². The number of aromatic amines is 1. The Morgan fingerprint density at radius 2 is 1.97 bits per heavy atom. The van der Waals surface area contributed by atoms with Gasteiger partial charge in [0.1, 0.15) is 11.6 Å². The number of rotatable bonds is 7. The minimum Gasteiger partial charge on any atom is -0.467 e. The van der Waals surface area contributed by atoms with Crippen LogP contribution in [-0.4, -0.2) is 15.9 Å². The molecule has 0 bridgehead atoms. The molecule has 6 heteroatoms. The average Bonchev–Trinajstić information content (AvgIpc) is 3.45. The molecule has 5 nitrogen and oxygen atoms in total. The van der Waals surface area contributed by atoms with Crippen LogP contribution in [0.15, 0.2) is 77.4 Å². The summed E-state index contributed by atoms with van der Waals surface area (Å²) in [7, 11) is 0. The minimum absolute atomic E-state index is 0.0437. The molecular weight excluding hydrogens is 405 g/mol. The molecular formula is C26H22FN3O2. The monoisotopic (exact) mass is 427 g/mol. The molecule has 0 atom stereocenters. The number of fused-ring (bicyclic) bond motifs is 2. The zero-order valence-corrected chi connectivity index (χ0v) is 17.4. The van der Waals surface area contributed by atoms with E-state index in [2.05, 4.69) is 10.3 Å². The maximum absolute atomic E-state index is 14.0. The Kier molecular flexibility index (Phi) is 5.42. The maximum Gasteiger partial charge on any atom is 0.220 e. The summed E-state index contributed by atoms with van der Waals surface area (Å²) in [5.74, 6) is 0.389. The van der Waals surface area contributed by atoms with Crippen molar-refractivity contribution in [2.45, 2.75) is 25.8 Å². The van der Waals surface area contributed by atoms with Crippen LogP contribution in [0.2, 0.25) is 0 Å². The van der Waals surface area contributed by atoms with E-state index in [1.165, 1.54) is 6.07 Å². The molecule has 0 unspecified atom stereocenters. The highest BCUT2D eigenvalue weighted by Crippen LogP contribution is 2.32. The van der Waals surface area contributed by atoms with Gasteiger partial charge >= 0.3 is 0 Å². The van der Waals surface area contributed by atoms with Crippen LogP contribution in [0.3, 0.4) is 0 Å². The lowest BCUT2D eigenvalue weighted by molar-refractivity contribution is -0.121. The van der Waals surface area contributed by atoms with Crippen LogP contribution in [0.4, 0.5) is 4.39 Å². The predicted octanol–water partition coefficient (Wildman–Crippen LogP) is 5.75. The second-order valence-electron chi connectivity index (χ2n) is 7.77. The van der Waals surface area contributed by atoms with Crippen molar-refractivity contribution in [2.24, 2.45) is 0 Å². The number of furan rings is 1. The predicted molar refractivity (Wildman–Crippen MR) is 122 cm³/mol. The van der Waals surface area contributed by atoms with Crippen LogP contribution in [0.5, 0.6) is 0 Å². The lowest BCUT2D eigenvalue weighted by atomic mass is 10.0. The van der Waals surface area contributed by atoms with Gasteiger partial charge in [-0.05, 0) is 60.9 Å². The maximum atomic E-state index is 14.0. The fraction of sp³-hybridized carbons (Fsp3) is 0.154. The summed E-state index contributed by atoms with van der Waals surface area (Å²) in [4.78, 5) is 20.5. The largest absolute Gasteiger partial charge is 0.467 e. The van der Waals surface area contributed by atoms with Crippen molar-refractivity contribution in [1.29, 1.82) is 0 Å². The van der Waals surface area contributed by atoms with E-state index in [9.17, 15) is 9.18 Å². The third kappa shape index (κ3) is 4.12. The summed E-state index contributed by atoms with van der Waals surface area (Å²) >= 11 is 0. The van der Waals surface area contributed by atoms with Gasteiger partial charge in [-0.25, -0.2) is 9.37 Å². The molecule has 3 aromatic heterocycles. The zero-order valence-electron chi connectivity index (χ0n) is 17.4. The summed E-state index contributed by atoms with van der Waals surface area (Å²) in [6.07, 6.45) is 3.21. The number of H-pyrrole nitrogens is 1. The molecule has 0 saturated carbocycles. The fourth-order valence-corrected chi connectivity index (χ4v) is 4.02. The van der Waals surface area contributed by atoms with E-state index < -0.39 is 0 Å². The van der Waals surface area contributed by atoms with Crippen molar-refractivity contribution in [1.82, 2.24) is 15.3 Å². The number of aromatic nitrogens is 2. The number of nitrogens with zero attached hydrogens (tertiary/aromatic N) is 1. The van der Waals surface area contributed by atoms with Gasteiger partial charge < -0.3 is 14.7 Å². The van der Waals surface area contributed by atoms with Crippen molar-refractivity contribution >= 4 is 27.7 Å². The van der Waals surface area contributed by atoms with Gasteiger partial charge in [0, 0.05) is 22.7 Å². The standard InChI is InChI=1S/C26H22FN3O2/c27-18-11-13-23-21(15-18)20(7-3-9-25(31)28-16-19-6-4-14-32-19)26(30-23)24-12-10-17-5-1-2-8-22(17)29-24/h1-2,4-6,8,10-15,30H,3,7,9,16H2,(H,28,31). The zero-order chi connectivity index (χ0) is 21.9. The van der Waals surface area contributed by atoms with Crippen molar-refractivity contribution in [3.8, 4) is 11.4 Å². The number of benzene rings is 2. The van der Waals surface area contributed by atoms with E-state index in [1.54, 1.807) is 24.5 Å². The lowest BCUT2D eigenvalue weighted by Gasteiger charge is -2.07. The van der Waals surface area contributed by atoms with Crippen molar-refractivity contribution < 1.29 is 13.6 Å². The number of carbonyl (C=O) groups excluding carboxylic acids is 1. The SMILES string of the molecule is O=C(CCCc1c(-c2ccc3ccccc3n2)[nH]c2ccc(F)cc12)NCc1ccco1. The Morgan fingerprint density at radius 3 is 2.84 bits per heavy atom. The van der Waals surface area contributed by atoms with Gasteiger partial charge in [-0.3, -0.25) is 4.79 Å². The Morgan fingerprint density at radius 1 is 1.06 bits per heavy atom. The van der Waals surface area contributed by atoms with Crippen LogP contribution in [0.25, 0.3) is 33.2 Å². The summed E-state index contributed by atoms with van der Waals surface area (Å²) in [6, 6.07) is 20.3. The summed E-state index contributed by atoms with van der Waals surface area (Å²) in [6.45, 7) is 0.371. The van der Waals surface area contributed by atoms with E-state index in [1.807, 2.05) is 42.5 Å². The van der Waals surface area contributed by atoms with E-state index >= 15 is 0 Å². The lowest BCUT2D eigenvalue weighted by Crippen LogP contribution is -2.22. The average molecular weight is 427 g/mol. The number of hydrogen-bond acceptors (Lipinski definition) is 3. The van der Waals surface area contributed by atoms with Gasteiger partial charge in [0.05, 0.1) is 29.7 Å². The smallest absolute Gasteiger partial charge is 0.220 e. The van der Waals surface area contributed by atoms with E-state index in [4.69, 9.17) is 9.40 Å². The van der Waals surface area contributed by atoms with Gasteiger partial charge in [0.15, 0.2) is 0 Å². The molecule has 0 radical (unpaired) electrons. The molecule has 160 valence electrons. The number of nitrogens with one attached hydrogen (secondary N) is 2. The van der Waals surface area contributed by atoms with Gasteiger partial charge in [0.2, 0.25) is 5.91 Å². The third-order valence-electron chi connectivity index (χ3n) is 5.59. The normalized spacial score (nSPS) is 11.3. The van der Waals surface area contributed by atoms with E-state index in [-0.39, 0.29) is 11.7 Å². The first kappa shape index (κ1) is 20.0. The quantitative estimate of drug-likeness (QED) is 0.347. The highest BCUT2D eigenvalue weighted by molar-refractivity contribution is 5.91. The number of hydrogen-bond donors (Lipinski definition) is 2. The number of pyridine rings is 1. The molecule has 2 aromatic carbocycles. The molecule has 1 amide bonds. The number of amides is 1. The number of halogens is 1. The highest BCUT2D eigenvalue weighted by atomic mass is 19.1. The molecule has 0 fully saturated rings. The molecule has 0 saturated heterocycles. The van der Waals surface area contributed by atoms with E-state index in [0.29, 0.717) is 25.8 Å². The third-order valence-corrected chi connectivity index (χ3v) is 5.59. The second-order valence-corrected chi connectivity index (χ2v) is 7.77. The minimum atomic E-state index is -0.285. The Bertz CT molecular complexity index is 1390. The van der Waals surface area contributed by atoms with Crippen LogP contribution in [0.1, 0.15) is 24.2 Å². The summed E-state index contributed by atoms with van der Waals surface area (Å²) < 4.78 is 19.3. The van der Waals surface area contributed by atoms with Crippen molar-refractivity contribution in [3.63, 3.8) is 0 Å². The first-order valence-corrected chi connectivity index (χ1v) is 10.6. The van der Waals surface area contributed by atoms with Crippen LogP contribution in [0, 0.1) is 5.82 Å². The topological polar surface area (TPSA) is 70.9 Å². The highest BCUT2D eigenvalue weighted by Gasteiger charge is 2.16. The van der Waals surface area contributed by atoms with Crippen LogP contribution >= 0.6 is 0 Å². The molecule has 5 rings (SSSR count). The molecule has 0 spiro atoms. The van der Waals surface area contributed by atoms with Crippen LogP contribution in [-0.2, 0) is 17.8 Å². The summed E-state index contributed by atoms with van der Waals surface area (Å²) in [5.41, 5.74) is 4.40. The number of carbonyl (C=O) groups is 1. The molecule has 0 aliphatic heterocycles. The number of aryl methyl sites for hydroxylation is 1. The first-order chi connectivity index (χ1) is 15.7. The van der Waals surface area contributed by atoms with E-state index in [0.717, 1.165) is 44.5 Å². The van der Waals surface area contributed by atoms with Crippen molar-refractivity contribution in [3.05, 3.63) is 90.1 Å². The number of para-hydroxylation sites is 1. The van der Waals surface area contributed by atoms with Crippen molar-refractivity contribution in [2.75, 3.05) is 0 Å². The summed E-state index contributed by atoms with van der Waals surface area (Å²) in [5, 5.41) is 4.75. The Labute approximate surface area is 184 Å². The van der Waals surface area contributed by atoms with Gasteiger partial charge in [-0.2, -0.15) is 0 Å². The van der Waals surface area contributed by atoms with Gasteiger partial charge in [-0.15, -0.1) is 0 Å². The Balaban J connectivity index is 1.39. The van der Waals surface area contributed by atoms with Crippen LogP contribution < -0.4 is 5.32 Å². The van der Waals surface area contributed by atoms with Gasteiger partial charge in [0.25, 0.3) is 0 Å². The molecule has 0 aliphatic carbocycles. The molecule has 5 aromatic rings. The first-order valence-electron chi connectivity index (χ1n) is 10.6. The molecule has 0 aliphatic rings. The molecule has 32 heavy (non-hydrogen) atoms.